The number of likely N-dealkylation sites (N-methyl/N-ethyl adjacent to an activating group) is 1. The van der Waals surface area contributed by atoms with Crippen molar-refractivity contribution in [3.8, 4) is 5.75 Å². The first-order valence-electron chi connectivity index (χ1n) is 9.16. The van der Waals surface area contributed by atoms with Crippen LogP contribution in [0.4, 0.5) is 5.95 Å². The minimum Gasteiger partial charge on any atom is -0.487 e. The number of aryl methyl sites for hydroxylation is 1. The van der Waals surface area contributed by atoms with Gasteiger partial charge in [0.05, 0.1) is 12.0 Å². The highest BCUT2D eigenvalue weighted by molar-refractivity contribution is 6.31. The van der Waals surface area contributed by atoms with E-state index in [0.717, 1.165) is 33.0 Å². The van der Waals surface area contributed by atoms with Gasteiger partial charge < -0.3 is 14.7 Å². The van der Waals surface area contributed by atoms with Crippen molar-refractivity contribution < 1.29 is 9.84 Å². The molecule has 3 aromatic rings. The van der Waals surface area contributed by atoms with Crippen LogP contribution in [0.25, 0.3) is 11.0 Å². The summed E-state index contributed by atoms with van der Waals surface area (Å²) in [6.45, 7) is 9.13. The third kappa shape index (κ3) is 4.20. The lowest BCUT2D eigenvalue weighted by Gasteiger charge is -2.23. The Kier molecular flexibility index (Phi) is 5.76. The van der Waals surface area contributed by atoms with Crippen molar-refractivity contribution in [1.29, 1.82) is 0 Å². The summed E-state index contributed by atoms with van der Waals surface area (Å²) >= 11 is 6.32. The van der Waals surface area contributed by atoms with Crippen LogP contribution in [0.3, 0.4) is 0 Å². The predicted octanol–water partition coefficient (Wildman–Crippen LogP) is 3.62. The van der Waals surface area contributed by atoms with E-state index in [1.165, 1.54) is 0 Å². The van der Waals surface area contributed by atoms with Gasteiger partial charge in [-0.25, -0.2) is 4.98 Å². The Labute approximate surface area is 169 Å². The summed E-state index contributed by atoms with van der Waals surface area (Å²) in [6, 6.07) is 3.94. The topological polar surface area (TPSA) is 87.2 Å². The van der Waals surface area contributed by atoms with E-state index in [4.69, 9.17) is 21.4 Å². The van der Waals surface area contributed by atoms with E-state index in [9.17, 15) is 0 Å². The van der Waals surface area contributed by atoms with Crippen LogP contribution in [-0.4, -0.2) is 45.5 Å². The van der Waals surface area contributed by atoms with Gasteiger partial charge in [-0.2, -0.15) is 10.1 Å². The van der Waals surface area contributed by atoms with Crippen LogP contribution in [-0.2, 0) is 12.0 Å². The fraction of sp³-hybridized carbons (Fsp3) is 0.450. The molecular weight excluding hydrogens is 378 g/mol. The number of ether oxygens (including phenoxy) is 1. The molecule has 2 heterocycles. The normalized spacial score (nSPS) is 11.8. The maximum Gasteiger partial charge on any atom is 0.227 e. The van der Waals surface area contributed by atoms with Crippen molar-refractivity contribution in [2.45, 2.75) is 39.7 Å². The molecule has 0 bridgehead atoms. The molecule has 0 saturated carbocycles. The second kappa shape index (κ2) is 7.93. The number of anilines is 1. The van der Waals surface area contributed by atoms with E-state index in [-0.39, 0.29) is 12.0 Å². The number of aromatic nitrogens is 4. The molecule has 0 radical (unpaired) electrons. The highest BCUT2D eigenvalue weighted by atomic mass is 35.5. The summed E-state index contributed by atoms with van der Waals surface area (Å²) in [5.74, 6) is 1.33. The molecule has 0 atom stereocenters. The molecular formula is C20H26ClN5O2. The first-order valence-corrected chi connectivity index (χ1v) is 9.54. The van der Waals surface area contributed by atoms with Crippen LogP contribution in [0.15, 0.2) is 18.3 Å². The van der Waals surface area contributed by atoms with Crippen molar-refractivity contribution in [3.63, 3.8) is 0 Å². The number of rotatable bonds is 6. The number of aromatic amines is 1. The molecule has 1 aromatic carbocycles. The number of hydrogen-bond acceptors (Lipinski definition) is 6. The van der Waals surface area contributed by atoms with Gasteiger partial charge in [0, 0.05) is 30.4 Å². The molecule has 2 aromatic heterocycles. The maximum absolute atomic E-state index is 9.07. The van der Waals surface area contributed by atoms with Crippen molar-refractivity contribution >= 4 is 28.6 Å². The summed E-state index contributed by atoms with van der Waals surface area (Å²) in [5, 5.41) is 17.9. The molecule has 150 valence electrons. The minimum atomic E-state index is -0.102. The van der Waals surface area contributed by atoms with Gasteiger partial charge in [-0.1, -0.05) is 32.4 Å². The van der Waals surface area contributed by atoms with E-state index in [1.54, 1.807) is 11.1 Å². The van der Waals surface area contributed by atoms with Gasteiger partial charge in [-0.05, 0) is 30.0 Å². The fourth-order valence-corrected chi connectivity index (χ4v) is 3.06. The van der Waals surface area contributed by atoms with Crippen LogP contribution in [0.5, 0.6) is 5.75 Å². The molecule has 28 heavy (non-hydrogen) atoms. The molecule has 0 aliphatic rings. The number of aliphatic hydroxyl groups excluding tert-OH is 1. The summed E-state index contributed by atoms with van der Waals surface area (Å²) in [4.78, 5) is 10.6. The van der Waals surface area contributed by atoms with Gasteiger partial charge in [0.1, 0.15) is 18.1 Å². The fourth-order valence-electron chi connectivity index (χ4n) is 2.90. The van der Waals surface area contributed by atoms with Crippen molar-refractivity contribution in [2.24, 2.45) is 0 Å². The van der Waals surface area contributed by atoms with Crippen LogP contribution in [0.1, 0.15) is 37.6 Å². The molecule has 0 fully saturated rings. The van der Waals surface area contributed by atoms with Crippen LogP contribution in [0, 0.1) is 6.92 Å². The average Bonchev–Trinajstić information content (AvgIpc) is 3.04. The predicted molar refractivity (Wildman–Crippen MR) is 111 cm³/mol. The Balaban J connectivity index is 1.86. The molecule has 0 aliphatic carbocycles. The molecule has 0 amide bonds. The second-order valence-electron chi connectivity index (χ2n) is 7.88. The Morgan fingerprint density at radius 1 is 1.29 bits per heavy atom. The molecule has 0 aliphatic heterocycles. The number of benzene rings is 1. The Hall–Kier alpha value is -2.38. The number of hydrogen-bond donors (Lipinski definition) is 2. The SMILES string of the molecule is Cc1cc(OCc2n[nH]c3nc(N(C)CCO)ncc23)c(C(C)(C)C)cc1Cl. The monoisotopic (exact) mass is 403 g/mol. The Bertz CT molecular complexity index is 981. The first-order chi connectivity index (χ1) is 13.2. The highest BCUT2D eigenvalue weighted by Crippen LogP contribution is 2.36. The largest absolute Gasteiger partial charge is 0.487 e. The van der Waals surface area contributed by atoms with Gasteiger partial charge in [0.25, 0.3) is 0 Å². The van der Waals surface area contributed by atoms with Crippen LogP contribution in [0.2, 0.25) is 5.02 Å². The number of halogens is 1. The second-order valence-corrected chi connectivity index (χ2v) is 8.29. The smallest absolute Gasteiger partial charge is 0.227 e. The van der Waals surface area contributed by atoms with Crippen molar-refractivity contribution in [2.75, 3.05) is 25.1 Å². The van der Waals surface area contributed by atoms with Gasteiger partial charge in [0.15, 0.2) is 5.65 Å². The van der Waals surface area contributed by atoms with Gasteiger partial charge in [-0.15, -0.1) is 0 Å². The van der Waals surface area contributed by atoms with Crippen molar-refractivity contribution in [1.82, 2.24) is 20.2 Å². The highest BCUT2D eigenvalue weighted by Gasteiger charge is 2.21. The average molecular weight is 404 g/mol. The zero-order valence-electron chi connectivity index (χ0n) is 16.9. The molecule has 0 saturated heterocycles. The zero-order valence-corrected chi connectivity index (χ0v) is 17.6. The molecule has 0 spiro atoms. The van der Waals surface area contributed by atoms with E-state index in [2.05, 4.69) is 40.9 Å². The minimum absolute atomic E-state index is 0.0383. The van der Waals surface area contributed by atoms with E-state index in [0.29, 0.717) is 24.7 Å². The van der Waals surface area contributed by atoms with Gasteiger partial charge in [0.2, 0.25) is 5.95 Å². The molecule has 8 heteroatoms. The number of nitrogens with one attached hydrogen (secondary N) is 1. The quantitative estimate of drug-likeness (QED) is 0.653. The summed E-state index contributed by atoms with van der Waals surface area (Å²) in [5.41, 5.74) is 3.29. The lowest BCUT2D eigenvalue weighted by atomic mass is 9.86. The van der Waals surface area contributed by atoms with Crippen LogP contribution >= 0.6 is 11.6 Å². The molecule has 3 rings (SSSR count). The Morgan fingerprint density at radius 2 is 2.04 bits per heavy atom. The van der Waals surface area contributed by atoms with Gasteiger partial charge >= 0.3 is 0 Å². The maximum atomic E-state index is 9.07. The summed E-state index contributed by atoms with van der Waals surface area (Å²) in [6.07, 6.45) is 1.73. The molecule has 2 N–H and O–H groups in total. The summed E-state index contributed by atoms with van der Waals surface area (Å²) in [7, 11) is 1.83. The van der Waals surface area contributed by atoms with Gasteiger partial charge in [-0.3, -0.25) is 5.10 Å². The van der Waals surface area contributed by atoms with Crippen molar-refractivity contribution in [3.05, 3.63) is 40.2 Å². The number of fused-ring (bicyclic) bond motifs is 1. The zero-order chi connectivity index (χ0) is 20.5. The standard InChI is InChI=1S/C20H26ClN5O2/c1-12-8-17(14(9-15(12)21)20(2,3)4)28-11-16-13-10-22-19(26(5)6-7-27)23-18(13)25-24-16/h8-10,27H,6-7,11H2,1-5H3,(H,22,23,24,25). The Morgan fingerprint density at radius 3 is 2.71 bits per heavy atom. The number of aliphatic hydroxyl groups is 1. The first kappa shape index (κ1) is 20.4. The lowest BCUT2D eigenvalue weighted by molar-refractivity contribution is 0.294. The molecule has 0 unspecified atom stereocenters. The number of nitrogens with zero attached hydrogens (tertiary/aromatic N) is 4. The summed E-state index contributed by atoms with van der Waals surface area (Å²) < 4.78 is 6.13. The molecule has 7 nitrogen and oxygen atoms in total. The lowest BCUT2D eigenvalue weighted by Crippen LogP contribution is -2.23. The third-order valence-electron chi connectivity index (χ3n) is 4.59. The third-order valence-corrected chi connectivity index (χ3v) is 5.00. The van der Waals surface area contributed by atoms with E-state index < -0.39 is 0 Å². The van der Waals surface area contributed by atoms with Crippen LogP contribution < -0.4 is 9.64 Å². The number of H-pyrrole nitrogens is 1. The van der Waals surface area contributed by atoms with E-state index in [1.807, 2.05) is 26.1 Å². The van der Waals surface area contributed by atoms with E-state index >= 15 is 0 Å².